The number of nitrogens with one attached hydrogen (secondary N) is 1. The Morgan fingerprint density at radius 2 is 2.16 bits per heavy atom. The summed E-state index contributed by atoms with van der Waals surface area (Å²) in [5.41, 5.74) is 2.44. The number of nitrogen functional groups attached to an aromatic ring is 1. The molecule has 0 bridgehead atoms. The van der Waals surface area contributed by atoms with Crippen molar-refractivity contribution in [3.8, 4) is 0 Å². The Morgan fingerprint density at radius 1 is 1.42 bits per heavy atom. The van der Waals surface area contributed by atoms with Crippen molar-refractivity contribution in [2.75, 3.05) is 38.0 Å². The van der Waals surface area contributed by atoms with E-state index in [1.807, 2.05) is 18.5 Å². The second-order valence-corrected chi connectivity index (χ2v) is 5.19. The molecule has 0 fully saturated rings. The van der Waals surface area contributed by atoms with Gasteiger partial charge in [-0.1, -0.05) is 0 Å². The third-order valence-corrected chi connectivity index (χ3v) is 3.47. The first-order valence-corrected chi connectivity index (χ1v) is 6.54. The number of aromatic nitrogens is 2. The minimum atomic E-state index is 0.00625. The zero-order valence-electron chi connectivity index (χ0n) is 11.0. The Hall–Kier alpha value is -1.93. The number of hydrogen-bond donors (Lipinski definition) is 2. The van der Waals surface area contributed by atoms with Gasteiger partial charge in [-0.15, -0.1) is 11.3 Å². The molecule has 3 N–H and O–H groups in total. The molecule has 2 aromatic rings. The fourth-order valence-corrected chi connectivity index (χ4v) is 2.37. The number of rotatable bonds is 4. The zero-order valence-corrected chi connectivity index (χ0v) is 11.9. The smallest absolute Gasteiger partial charge is 0.241 e. The lowest BCUT2D eigenvalue weighted by molar-refractivity contribution is -0.127. The number of anilines is 2. The lowest BCUT2D eigenvalue weighted by Gasteiger charge is -2.21. The predicted molar refractivity (Wildman–Crippen MR) is 77.2 cm³/mol. The van der Waals surface area contributed by atoms with E-state index in [0.717, 1.165) is 10.2 Å². The summed E-state index contributed by atoms with van der Waals surface area (Å²) in [5, 5.41) is 2.85. The van der Waals surface area contributed by atoms with Crippen LogP contribution in [0, 0.1) is 0 Å². The van der Waals surface area contributed by atoms with Crippen LogP contribution in [0.4, 0.5) is 11.8 Å². The number of hydrogen-bond acceptors (Lipinski definition) is 7. The molecule has 0 aliphatic rings. The van der Waals surface area contributed by atoms with E-state index in [4.69, 9.17) is 5.84 Å². The molecular weight excluding hydrogens is 264 g/mol. The van der Waals surface area contributed by atoms with E-state index in [-0.39, 0.29) is 12.5 Å². The van der Waals surface area contributed by atoms with E-state index >= 15 is 0 Å². The molecule has 2 rings (SSSR count). The van der Waals surface area contributed by atoms with Crippen LogP contribution in [0.5, 0.6) is 0 Å². The average Bonchev–Trinajstić information content (AvgIpc) is 2.84. The van der Waals surface area contributed by atoms with Gasteiger partial charge in [-0.2, -0.15) is 4.98 Å². The molecule has 0 atom stereocenters. The van der Waals surface area contributed by atoms with Gasteiger partial charge in [-0.05, 0) is 11.4 Å². The first-order valence-electron chi connectivity index (χ1n) is 5.66. The highest BCUT2D eigenvalue weighted by Crippen LogP contribution is 2.28. The van der Waals surface area contributed by atoms with E-state index < -0.39 is 0 Å². The Kier molecular flexibility index (Phi) is 3.82. The van der Waals surface area contributed by atoms with Crippen molar-refractivity contribution in [2.45, 2.75) is 0 Å². The lowest BCUT2D eigenvalue weighted by atomic mass is 10.3. The maximum absolute atomic E-state index is 11.8. The summed E-state index contributed by atoms with van der Waals surface area (Å²) in [4.78, 5) is 24.5. The highest BCUT2D eigenvalue weighted by atomic mass is 32.1. The van der Waals surface area contributed by atoms with Gasteiger partial charge in [0.25, 0.3) is 0 Å². The first-order chi connectivity index (χ1) is 9.02. The molecule has 102 valence electrons. The molecule has 0 aromatic carbocycles. The Balaban J connectivity index is 2.37. The number of amides is 1. The normalized spacial score (nSPS) is 10.5. The summed E-state index contributed by atoms with van der Waals surface area (Å²) in [6, 6.07) is 1.94. The van der Waals surface area contributed by atoms with E-state index in [1.165, 1.54) is 11.3 Å². The Labute approximate surface area is 115 Å². The van der Waals surface area contributed by atoms with Crippen molar-refractivity contribution >= 4 is 39.2 Å². The summed E-state index contributed by atoms with van der Waals surface area (Å²) in [6.07, 6.45) is 0. The van der Waals surface area contributed by atoms with Crippen LogP contribution in [0.3, 0.4) is 0 Å². The first kappa shape index (κ1) is 13.5. The molecule has 0 saturated carbocycles. The van der Waals surface area contributed by atoms with Gasteiger partial charge in [0, 0.05) is 21.1 Å². The topological polar surface area (TPSA) is 87.4 Å². The van der Waals surface area contributed by atoms with Crippen LogP contribution in [0.25, 0.3) is 10.2 Å². The minimum Gasteiger partial charge on any atom is -0.350 e. The average molecular weight is 280 g/mol. The minimum absolute atomic E-state index is 0.00625. The number of carbonyl (C=O) groups excluding carboxylic acids is 1. The van der Waals surface area contributed by atoms with Crippen molar-refractivity contribution in [1.29, 1.82) is 0 Å². The highest BCUT2D eigenvalue weighted by Gasteiger charge is 2.15. The standard InChI is InChI=1S/C11H16N6OS/c1-16(2)8(18)6-17(3)9-7-4-5-19-10(7)14-11(13-9)15-12/h4-5H,6,12H2,1-3H3,(H,13,14,15). The summed E-state index contributed by atoms with van der Waals surface area (Å²) >= 11 is 1.50. The lowest BCUT2D eigenvalue weighted by Crippen LogP contribution is -2.35. The number of fused-ring (bicyclic) bond motifs is 1. The number of hydrazine groups is 1. The molecule has 0 radical (unpaired) electrons. The van der Waals surface area contributed by atoms with Gasteiger partial charge in [-0.3, -0.25) is 10.2 Å². The van der Waals surface area contributed by atoms with Crippen molar-refractivity contribution in [3.63, 3.8) is 0 Å². The SMILES string of the molecule is CN(C)C(=O)CN(C)c1nc(NN)nc2sccc12. The molecule has 7 nitrogen and oxygen atoms in total. The van der Waals surface area contributed by atoms with Crippen LogP contribution < -0.4 is 16.2 Å². The summed E-state index contributed by atoms with van der Waals surface area (Å²) in [7, 11) is 5.27. The molecule has 8 heteroatoms. The maximum atomic E-state index is 11.8. The second kappa shape index (κ2) is 5.37. The van der Waals surface area contributed by atoms with Gasteiger partial charge in [0.2, 0.25) is 11.9 Å². The molecule has 2 aromatic heterocycles. The largest absolute Gasteiger partial charge is 0.350 e. The van der Waals surface area contributed by atoms with Crippen LogP contribution in [-0.2, 0) is 4.79 Å². The molecule has 0 aliphatic heterocycles. The number of nitrogens with zero attached hydrogens (tertiary/aromatic N) is 4. The van der Waals surface area contributed by atoms with Crippen molar-refractivity contribution in [3.05, 3.63) is 11.4 Å². The number of thiophene rings is 1. The van der Waals surface area contributed by atoms with Crippen LogP contribution in [0.2, 0.25) is 0 Å². The fraction of sp³-hybridized carbons (Fsp3) is 0.364. The Morgan fingerprint density at radius 3 is 2.79 bits per heavy atom. The molecule has 0 aliphatic carbocycles. The van der Waals surface area contributed by atoms with Gasteiger partial charge in [0.15, 0.2) is 0 Å². The number of likely N-dealkylation sites (N-methyl/N-ethyl adjacent to an activating group) is 2. The molecule has 0 spiro atoms. The highest BCUT2D eigenvalue weighted by molar-refractivity contribution is 7.16. The molecular formula is C11H16N6OS. The van der Waals surface area contributed by atoms with Gasteiger partial charge >= 0.3 is 0 Å². The Bertz CT molecular complexity index is 596. The molecule has 2 heterocycles. The van der Waals surface area contributed by atoms with Gasteiger partial charge in [0.05, 0.1) is 11.9 Å². The van der Waals surface area contributed by atoms with Crippen molar-refractivity contribution in [2.24, 2.45) is 5.84 Å². The third-order valence-electron chi connectivity index (χ3n) is 2.67. The molecule has 19 heavy (non-hydrogen) atoms. The second-order valence-electron chi connectivity index (χ2n) is 4.30. The third kappa shape index (κ3) is 2.74. The fourth-order valence-electron chi connectivity index (χ4n) is 1.61. The monoisotopic (exact) mass is 280 g/mol. The van der Waals surface area contributed by atoms with E-state index in [2.05, 4.69) is 15.4 Å². The van der Waals surface area contributed by atoms with E-state index in [9.17, 15) is 4.79 Å². The van der Waals surface area contributed by atoms with Gasteiger partial charge in [-0.25, -0.2) is 10.8 Å². The van der Waals surface area contributed by atoms with Crippen LogP contribution in [0.15, 0.2) is 11.4 Å². The van der Waals surface area contributed by atoms with Gasteiger partial charge in [0.1, 0.15) is 10.6 Å². The van der Waals surface area contributed by atoms with Crippen LogP contribution in [0.1, 0.15) is 0 Å². The van der Waals surface area contributed by atoms with E-state index in [0.29, 0.717) is 11.8 Å². The summed E-state index contributed by atoms with van der Waals surface area (Å²) in [5.74, 6) is 6.40. The summed E-state index contributed by atoms with van der Waals surface area (Å²) in [6.45, 7) is 0.249. The van der Waals surface area contributed by atoms with E-state index in [1.54, 1.807) is 23.9 Å². The van der Waals surface area contributed by atoms with Crippen molar-refractivity contribution in [1.82, 2.24) is 14.9 Å². The summed E-state index contributed by atoms with van der Waals surface area (Å²) < 4.78 is 0. The predicted octanol–water partition coefficient (Wildman–Crippen LogP) is 0.501. The van der Waals surface area contributed by atoms with Crippen LogP contribution in [-0.4, -0.2) is 48.5 Å². The van der Waals surface area contributed by atoms with Gasteiger partial charge < -0.3 is 9.80 Å². The maximum Gasteiger partial charge on any atom is 0.241 e. The molecule has 0 saturated heterocycles. The van der Waals surface area contributed by atoms with Crippen LogP contribution >= 0.6 is 11.3 Å². The quantitative estimate of drug-likeness (QED) is 0.626. The van der Waals surface area contributed by atoms with Crippen molar-refractivity contribution < 1.29 is 4.79 Å². The number of nitrogens with two attached hydrogens (primary N) is 1. The molecule has 0 unspecified atom stereocenters. The molecule has 1 amide bonds. The number of carbonyl (C=O) groups is 1. The zero-order chi connectivity index (χ0) is 14.0.